The van der Waals surface area contributed by atoms with E-state index in [1.165, 1.54) is 0 Å². The van der Waals surface area contributed by atoms with Crippen molar-refractivity contribution in [2.24, 2.45) is 0 Å². The van der Waals surface area contributed by atoms with E-state index in [4.69, 9.17) is 4.98 Å². The molecule has 0 unspecified atom stereocenters. The van der Waals surface area contributed by atoms with Gasteiger partial charge in [-0.1, -0.05) is 30.3 Å². The van der Waals surface area contributed by atoms with Gasteiger partial charge in [-0.3, -0.25) is 4.57 Å². The predicted molar refractivity (Wildman–Crippen MR) is 77.1 cm³/mol. The zero-order chi connectivity index (χ0) is 13.4. The Kier molecular flexibility index (Phi) is 2.82. The molecule has 1 aliphatic rings. The number of aromatic nitrogens is 4. The molecule has 0 aliphatic carbocycles. The molecule has 1 aromatic carbocycles. The molecule has 2 aromatic heterocycles. The number of fused-ring (bicyclic) bond motifs is 1. The van der Waals surface area contributed by atoms with Crippen LogP contribution in [0.4, 0.5) is 0 Å². The molecule has 0 bridgehead atoms. The molecule has 20 heavy (non-hydrogen) atoms. The van der Waals surface area contributed by atoms with Gasteiger partial charge in [-0.25, -0.2) is 4.98 Å². The fourth-order valence-corrected chi connectivity index (χ4v) is 3.26. The first-order valence-corrected chi connectivity index (χ1v) is 7.55. The summed E-state index contributed by atoms with van der Waals surface area (Å²) < 4.78 is 2.18. The van der Waals surface area contributed by atoms with Crippen LogP contribution in [0.25, 0.3) is 22.1 Å². The quantitative estimate of drug-likeness (QED) is 0.768. The van der Waals surface area contributed by atoms with Crippen molar-refractivity contribution in [1.82, 2.24) is 19.7 Å². The average Bonchev–Trinajstić information content (AvgIpc) is 3.14. The zero-order valence-corrected chi connectivity index (χ0v) is 11.7. The molecular formula is C14H14N5S+. The van der Waals surface area contributed by atoms with E-state index >= 15 is 0 Å². The van der Waals surface area contributed by atoms with Gasteiger partial charge in [0.15, 0.2) is 11.6 Å². The van der Waals surface area contributed by atoms with Crippen molar-refractivity contribution in [1.29, 1.82) is 0 Å². The number of rotatable bonds is 2. The van der Waals surface area contributed by atoms with Crippen molar-refractivity contribution in [3.63, 3.8) is 0 Å². The molecule has 0 saturated heterocycles. The van der Waals surface area contributed by atoms with E-state index in [2.05, 4.69) is 37.6 Å². The van der Waals surface area contributed by atoms with Gasteiger partial charge in [0.2, 0.25) is 0 Å². The van der Waals surface area contributed by atoms with Crippen LogP contribution in [0.3, 0.4) is 0 Å². The highest BCUT2D eigenvalue weighted by atomic mass is 32.1. The summed E-state index contributed by atoms with van der Waals surface area (Å²) >= 11 is 1.65. The number of benzene rings is 1. The topological polar surface area (TPSA) is 60.2 Å². The van der Waals surface area contributed by atoms with E-state index in [1.807, 2.05) is 18.2 Å². The van der Waals surface area contributed by atoms with Crippen molar-refractivity contribution < 1.29 is 5.32 Å². The minimum absolute atomic E-state index is 0.895. The first-order chi connectivity index (χ1) is 9.92. The van der Waals surface area contributed by atoms with E-state index < -0.39 is 0 Å². The van der Waals surface area contributed by atoms with E-state index in [0.717, 1.165) is 47.5 Å². The molecule has 5 nitrogen and oxygen atoms in total. The van der Waals surface area contributed by atoms with Crippen LogP contribution in [-0.4, -0.2) is 26.3 Å². The second-order valence-corrected chi connectivity index (χ2v) is 5.63. The van der Waals surface area contributed by atoms with Crippen molar-refractivity contribution in [2.75, 3.05) is 6.54 Å². The molecule has 100 valence electrons. The second kappa shape index (κ2) is 4.81. The van der Waals surface area contributed by atoms with Crippen molar-refractivity contribution in [2.45, 2.75) is 13.1 Å². The standard InChI is InChI=1S/C14H13N5S/c1-2-4-10(5-3-1)14-16-11(9-20-14)13-18-17-12-8-15-6-7-19(12)13/h1-5,9,15H,6-8H2/p+1. The summed E-state index contributed by atoms with van der Waals surface area (Å²) in [5.41, 5.74) is 2.07. The Morgan fingerprint density at radius 3 is 2.95 bits per heavy atom. The minimum atomic E-state index is 0.895. The summed E-state index contributed by atoms with van der Waals surface area (Å²) in [6.07, 6.45) is 0. The number of thiazole rings is 1. The molecule has 3 aromatic rings. The smallest absolute Gasteiger partial charge is 0.188 e. The number of hydrogen-bond donors (Lipinski definition) is 1. The fraction of sp³-hybridized carbons (Fsp3) is 0.214. The summed E-state index contributed by atoms with van der Waals surface area (Å²) in [6, 6.07) is 10.2. The average molecular weight is 284 g/mol. The van der Waals surface area contributed by atoms with Gasteiger partial charge < -0.3 is 5.32 Å². The van der Waals surface area contributed by atoms with Crippen LogP contribution in [0.15, 0.2) is 35.7 Å². The summed E-state index contributed by atoms with van der Waals surface area (Å²) in [6.45, 7) is 2.94. The summed E-state index contributed by atoms with van der Waals surface area (Å²) in [7, 11) is 0. The Balaban J connectivity index is 1.74. The van der Waals surface area contributed by atoms with E-state index in [-0.39, 0.29) is 0 Å². The zero-order valence-electron chi connectivity index (χ0n) is 10.9. The van der Waals surface area contributed by atoms with E-state index in [9.17, 15) is 0 Å². The van der Waals surface area contributed by atoms with Crippen LogP contribution in [0, 0.1) is 0 Å². The lowest BCUT2D eigenvalue weighted by atomic mass is 10.2. The third-order valence-electron chi connectivity index (χ3n) is 3.47. The Labute approximate surface area is 120 Å². The minimum Gasteiger partial charge on any atom is -0.338 e. The van der Waals surface area contributed by atoms with Crippen molar-refractivity contribution in [3.8, 4) is 22.1 Å². The SMILES string of the molecule is c1ccc(-c2nc(-c3nnc4n3CC[NH2+]C4)cs2)cc1. The molecule has 4 rings (SSSR count). The molecular weight excluding hydrogens is 270 g/mol. The van der Waals surface area contributed by atoms with Gasteiger partial charge in [-0.15, -0.1) is 21.5 Å². The lowest BCUT2D eigenvalue weighted by Gasteiger charge is -2.12. The largest absolute Gasteiger partial charge is 0.338 e. The lowest BCUT2D eigenvalue weighted by Crippen LogP contribution is -2.85. The molecule has 0 radical (unpaired) electrons. The maximum absolute atomic E-state index is 4.72. The third kappa shape index (κ3) is 1.93. The van der Waals surface area contributed by atoms with Gasteiger partial charge >= 0.3 is 0 Å². The molecule has 0 fully saturated rings. The van der Waals surface area contributed by atoms with Crippen molar-refractivity contribution >= 4 is 11.3 Å². The van der Waals surface area contributed by atoms with Crippen LogP contribution >= 0.6 is 11.3 Å². The van der Waals surface area contributed by atoms with Gasteiger partial charge in [-0.2, -0.15) is 0 Å². The molecule has 1 aliphatic heterocycles. The van der Waals surface area contributed by atoms with E-state index in [0.29, 0.717) is 0 Å². The van der Waals surface area contributed by atoms with Crippen LogP contribution in [0.1, 0.15) is 5.82 Å². The Morgan fingerprint density at radius 2 is 2.05 bits per heavy atom. The Bertz CT molecular complexity index is 731. The predicted octanol–water partition coefficient (Wildman–Crippen LogP) is 1.15. The number of nitrogens with two attached hydrogens (primary N) is 1. The number of nitrogens with zero attached hydrogens (tertiary/aromatic N) is 4. The van der Waals surface area contributed by atoms with Gasteiger partial charge in [-0.05, 0) is 0 Å². The maximum atomic E-state index is 4.72. The third-order valence-corrected chi connectivity index (χ3v) is 4.36. The lowest BCUT2D eigenvalue weighted by molar-refractivity contribution is -0.677. The first kappa shape index (κ1) is 11.7. The number of hydrogen-bond acceptors (Lipinski definition) is 4. The molecule has 0 spiro atoms. The van der Waals surface area contributed by atoms with Crippen LogP contribution in [-0.2, 0) is 13.1 Å². The highest BCUT2D eigenvalue weighted by Crippen LogP contribution is 2.28. The van der Waals surface area contributed by atoms with E-state index in [1.54, 1.807) is 11.3 Å². The fourth-order valence-electron chi connectivity index (χ4n) is 2.45. The monoisotopic (exact) mass is 284 g/mol. The molecule has 0 saturated carbocycles. The normalized spacial score (nSPS) is 14.2. The van der Waals surface area contributed by atoms with Gasteiger partial charge in [0, 0.05) is 10.9 Å². The van der Waals surface area contributed by atoms with Crippen LogP contribution in [0.5, 0.6) is 0 Å². The van der Waals surface area contributed by atoms with Crippen molar-refractivity contribution in [3.05, 3.63) is 41.5 Å². The highest BCUT2D eigenvalue weighted by Gasteiger charge is 2.20. The van der Waals surface area contributed by atoms with Gasteiger partial charge in [0.1, 0.15) is 17.2 Å². The highest BCUT2D eigenvalue weighted by molar-refractivity contribution is 7.13. The summed E-state index contributed by atoms with van der Waals surface area (Å²) in [5, 5.41) is 13.9. The molecule has 6 heteroatoms. The Morgan fingerprint density at radius 1 is 1.15 bits per heavy atom. The summed E-state index contributed by atoms with van der Waals surface area (Å²) in [5.74, 6) is 1.94. The maximum Gasteiger partial charge on any atom is 0.188 e. The van der Waals surface area contributed by atoms with Crippen LogP contribution in [0.2, 0.25) is 0 Å². The van der Waals surface area contributed by atoms with Gasteiger partial charge in [0.25, 0.3) is 0 Å². The second-order valence-electron chi connectivity index (χ2n) is 4.78. The molecule has 0 atom stereocenters. The molecule has 3 heterocycles. The molecule has 0 amide bonds. The first-order valence-electron chi connectivity index (χ1n) is 6.67. The molecule has 2 N–H and O–H groups in total. The number of quaternary nitrogens is 1. The summed E-state index contributed by atoms with van der Waals surface area (Å²) in [4.78, 5) is 4.72. The van der Waals surface area contributed by atoms with Crippen LogP contribution < -0.4 is 5.32 Å². The Hall–Kier alpha value is -2.05. The van der Waals surface area contributed by atoms with Gasteiger partial charge in [0.05, 0.1) is 13.1 Å².